The molecular weight excluding hydrogens is 278 g/mol. The highest BCUT2D eigenvalue weighted by molar-refractivity contribution is 6.00. The normalized spacial score (nSPS) is 25.0. The van der Waals surface area contributed by atoms with E-state index in [-0.39, 0.29) is 12.0 Å². The van der Waals surface area contributed by atoms with Gasteiger partial charge in [-0.1, -0.05) is 12.1 Å². The fourth-order valence-electron chi connectivity index (χ4n) is 3.35. The van der Waals surface area contributed by atoms with Crippen molar-refractivity contribution in [3.63, 3.8) is 0 Å². The first-order valence-corrected chi connectivity index (χ1v) is 8.30. The Morgan fingerprint density at radius 2 is 2.05 bits per heavy atom. The molecule has 0 radical (unpaired) electrons. The molecule has 5 heteroatoms. The van der Waals surface area contributed by atoms with Gasteiger partial charge in [0.2, 0.25) is 0 Å². The lowest BCUT2D eigenvalue weighted by Crippen LogP contribution is -2.53. The molecule has 1 atom stereocenters. The summed E-state index contributed by atoms with van der Waals surface area (Å²) in [5, 5.41) is 3.24. The van der Waals surface area contributed by atoms with Crippen LogP contribution in [0.2, 0.25) is 0 Å². The van der Waals surface area contributed by atoms with Gasteiger partial charge in [0.15, 0.2) is 0 Å². The van der Waals surface area contributed by atoms with E-state index >= 15 is 0 Å². The highest BCUT2D eigenvalue weighted by atomic mass is 16.5. The molecule has 1 saturated heterocycles. The van der Waals surface area contributed by atoms with Crippen LogP contribution < -0.4 is 15.1 Å². The van der Waals surface area contributed by atoms with Crippen LogP contribution in [0.1, 0.15) is 12.8 Å². The smallest absolute Gasteiger partial charge is 0.257 e. The number of fused-ring (bicyclic) bond motifs is 1. The van der Waals surface area contributed by atoms with Gasteiger partial charge in [-0.25, -0.2) is 0 Å². The monoisotopic (exact) mass is 301 g/mol. The lowest BCUT2D eigenvalue weighted by molar-refractivity contribution is -0.131. The SMILES string of the molecule is O=C(C1CNCCO1)N1CCN(CC2CC2)c2ccccc21. The number of rotatable bonds is 3. The Kier molecular flexibility index (Phi) is 3.76. The molecule has 1 N–H and O–H groups in total. The molecule has 1 aromatic rings. The van der Waals surface area contributed by atoms with Crippen LogP contribution >= 0.6 is 0 Å². The Morgan fingerprint density at radius 1 is 1.23 bits per heavy atom. The van der Waals surface area contributed by atoms with Crippen molar-refractivity contribution in [1.29, 1.82) is 0 Å². The number of morpholine rings is 1. The Hall–Kier alpha value is -1.59. The molecule has 2 heterocycles. The summed E-state index contributed by atoms with van der Waals surface area (Å²) in [4.78, 5) is 17.2. The molecule has 5 nitrogen and oxygen atoms in total. The second-order valence-corrected chi connectivity index (χ2v) is 6.43. The molecular formula is C17H23N3O2. The van der Waals surface area contributed by atoms with Gasteiger partial charge in [-0.2, -0.15) is 0 Å². The highest BCUT2D eigenvalue weighted by Gasteiger charge is 2.34. The number of hydrogen-bond acceptors (Lipinski definition) is 4. The molecule has 1 amide bonds. The van der Waals surface area contributed by atoms with Crippen LogP contribution in [0.3, 0.4) is 0 Å². The van der Waals surface area contributed by atoms with E-state index in [2.05, 4.69) is 28.4 Å². The average molecular weight is 301 g/mol. The number of carbonyl (C=O) groups excluding carboxylic acids is 1. The summed E-state index contributed by atoms with van der Waals surface area (Å²) in [6, 6.07) is 8.27. The Morgan fingerprint density at radius 3 is 2.77 bits per heavy atom. The second-order valence-electron chi connectivity index (χ2n) is 6.43. The fraction of sp³-hybridized carbons (Fsp3) is 0.588. The van der Waals surface area contributed by atoms with Crippen molar-refractivity contribution >= 4 is 17.3 Å². The van der Waals surface area contributed by atoms with Crippen LogP contribution in [0.15, 0.2) is 24.3 Å². The molecule has 0 spiro atoms. The third-order valence-corrected chi connectivity index (χ3v) is 4.75. The standard InChI is InChI=1S/C17H23N3O2/c21-17(16-11-18-7-10-22-16)20-9-8-19(12-13-5-6-13)14-3-1-2-4-15(14)20/h1-4,13,16,18H,5-12H2. The van der Waals surface area contributed by atoms with Crippen molar-refractivity contribution < 1.29 is 9.53 Å². The van der Waals surface area contributed by atoms with Crippen LogP contribution in [0.25, 0.3) is 0 Å². The first kappa shape index (κ1) is 14.0. The quantitative estimate of drug-likeness (QED) is 0.912. The largest absolute Gasteiger partial charge is 0.368 e. The zero-order chi connectivity index (χ0) is 14.9. The number of nitrogens with one attached hydrogen (secondary N) is 1. The number of nitrogens with zero attached hydrogens (tertiary/aromatic N) is 2. The summed E-state index contributed by atoms with van der Waals surface area (Å²) in [6.07, 6.45) is 2.35. The van der Waals surface area contributed by atoms with Gasteiger partial charge in [-0.05, 0) is 30.9 Å². The maximum Gasteiger partial charge on any atom is 0.257 e. The zero-order valence-corrected chi connectivity index (χ0v) is 12.8. The molecule has 22 heavy (non-hydrogen) atoms. The van der Waals surface area contributed by atoms with E-state index in [0.29, 0.717) is 13.2 Å². The predicted molar refractivity (Wildman–Crippen MR) is 86.3 cm³/mol. The molecule has 0 aromatic heterocycles. The summed E-state index contributed by atoms with van der Waals surface area (Å²) in [5.41, 5.74) is 2.23. The van der Waals surface area contributed by atoms with Crippen LogP contribution in [-0.4, -0.2) is 51.3 Å². The van der Waals surface area contributed by atoms with Gasteiger partial charge < -0.3 is 19.9 Å². The van der Waals surface area contributed by atoms with E-state index < -0.39 is 0 Å². The highest BCUT2D eigenvalue weighted by Crippen LogP contribution is 2.37. The number of amides is 1. The van der Waals surface area contributed by atoms with Gasteiger partial charge in [-0.3, -0.25) is 4.79 Å². The number of anilines is 2. The minimum Gasteiger partial charge on any atom is -0.368 e. The van der Waals surface area contributed by atoms with Crippen molar-refractivity contribution in [1.82, 2.24) is 5.32 Å². The average Bonchev–Trinajstić information content (AvgIpc) is 3.39. The Balaban J connectivity index is 1.56. The third kappa shape index (κ3) is 2.71. The predicted octanol–water partition coefficient (Wildman–Crippen LogP) is 1.24. The van der Waals surface area contributed by atoms with Crippen LogP contribution in [-0.2, 0) is 9.53 Å². The topological polar surface area (TPSA) is 44.8 Å². The van der Waals surface area contributed by atoms with Crippen LogP contribution in [0, 0.1) is 5.92 Å². The Labute approximate surface area is 131 Å². The molecule has 1 unspecified atom stereocenters. The van der Waals surface area contributed by atoms with Crippen molar-refractivity contribution in [2.75, 3.05) is 49.1 Å². The molecule has 2 aliphatic heterocycles. The first-order chi connectivity index (χ1) is 10.8. The fourth-order valence-corrected chi connectivity index (χ4v) is 3.35. The summed E-state index contributed by atoms with van der Waals surface area (Å²) >= 11 is 0. The summed E-state index contributed by atoms with van der Waals surface area (Å²) in [7, 11) is 0. The minimum absolute atomic E-state index is 0.0886. The van der Waals surface area contributed by atoms with E-state index in [1.54, 1.807) is 0 Å². The van der Waals surface area contributed by atoms with E-state index in [9.17, 15) is 4.79 Å². The summed E-state index contributed by atoms with van der Waals surface area (Å²) in [6.45, 7) is 4.85. The second kappa shape index (κ2) is 5.89. The molecule has 1 saturated carbocycles. The van der Waals surface area contributed by atoms with Gasteiger partial charge in [0.1, 0.15) is 6.10 Å². The summed E-state index contributed by atoms with van der Waals surface area (Å²) in [5.74, 6) is 0.937. The van der Waals surface area contributed by atoms with Gasteiger partial charge in [0.25, 0.3) is 5.91 Å². The molecule has 4 rings (SSSR count). The Bertz CT molecular complexity index is 553. The van der Waals surface area contributed by atoms with Crippen molar-refractivity contribution in [2.24, 2.45) is 5.92 Å². The van der Waals surface area contributed by atoms with Gasteiger partial charge in [0, 0.05) is 32.7 Å². The van der Waals surface area contributed by atoms with E-state index in [0.717, 1.165) is 37.8 Å². The van der Waals surface area contributed by atoms with E-state index in [1.165, 1.54) is 18.5 Å². The van der Waals surface area contributed by atoms with E-state index in [4.69, 9.17) is 4.74 Å². The molecule has 118 valence electrons. The first-order valence-electron chi connectivity index (χ1n) is 8.30. The number of carbonyl (C=O) groups is 1. The lowest BCUT2D eigenvalue weighted by atomic mass is 10.1. The number of para-hydroxylation sites is 2. The number of ether oxygens (including phenoxy) is 1. The maximum atomic E-state index is 12.8. The van der Waals surface area contributed by atoms with E-state index in [1.807, 2.05) is 11.0 Å². The third-order valence-electron chi connectivity index (χ3n) is 4.75. The molecule has 0 bridgehead atoms. The van der Waals surface area contributed by atoms with Gasteiger partial charge in [0.05, 0.1) is 18.0 Å². The van der Waals surface area contributed by atoms with Crippen LogP contribution in [0.5, 0.6) is 0 Å². The zero-order valence-electron chi connectivity index (χ0n) is 12.8. The number of benzene rings is 1. The molecule has 2 fully saturated rings. The molecule has 1 aliphatic carbocycles. The van der Waals surface area contributed by atoms with Crippen molar-refractivity contribution in [3.05, 3.63) is 24.3 Å². The lowest BCUT2D eigenvalue weighted by Gasteiger charge is -2.39. The van der Waals surface area contributed by atoms with Crippen molar-refractivity contribution in [3.8, 4) is 0 Å². The summed E-state index contributed by atoms with van der Waals surface area (Å²) < 4.78 is 5.64. The van der Waals surface area contributed by atoms with Gasteiger partial charge >= 0.3 is 0 Å². The minimum atomic E-state index is -0.350. The van der Waals surface area contributed by atoms with Crippen LogP contribution in [0.4, 0.5) is 11.4 Å². The molecule has 1 aromatic carbocycles. The van der Waals surface area contributed by atoms with Gasteiger partial charge in [-0.15, -0.1) is 0 Å². The molecule has 3 aliphatic rings. The number of hydrogen-bond donors (Lipinski definition) is 1. The maximum absolute atomic E-state index is 12.8. The van der Waals surface area contributed by atoms with Crippen molar-refractivity contribution in [2.45, 2.75) is 18.9 Å².